The number of benzene rings is 2. The Hall–Kier alpha value is -2.35. The van der Waals surface area contributed by atoms with Crippen LogP contribution >= 0.6 is 34.7 Å². The van der Waals surface area contributed by atoms with Crippen LogP contribution in [0.5, 0.6) is 5.75 Å². The molecule has 4 aromatic rings. The first kappa shape index (κ1) is 19.9. The molecule has 148 valence electrons. The first-order chi connectivity index (χ1) is 14.1. The van der Waals surface area contributed by atoms with Gasteiger partial charge in [-0.3, -0.25) is 0 Å². The van der Waals surface area contributed by atoms with Gasteiger partial charge in [-0.05, 0) is 24.6 Å². The molecule has 0 aliphatic rings. The van der Waals surface area contributed by atoms with Crippen LogP contribution in [0.4, 0.5) is 0 Å². The number of halogens is 1. The first-order valence-electron chi connectivity index (χ1n) is 9.00. The number of hydrogen-bond donors (Lipinski definition) is 0. The summed E-state index contributed by atoms with van der Waals surface area (Å²) in [6.45, 7) is 2.42. The molecule has 0 saturated carbocycles. The van der Waals surface area contributed by atoms with Crippen LogP contribution in [0.2, 0.25) is 5.02 Å². The van der Waals surface area contributed by atoms with E-state index >= 15 is 0 Å². The summed E-state index contributed by atoms with van der Waals surface area (Å²) in [7, 11) is 1.94. The van der Waals surface area contributed by atoms with Crippen LogP contribution in [0.3, 0.4) is 0 Å². The molecule has 0 fully saturated rings. The number of aryl methyl sites for hydroxylation is 1. The molecule has 0 radical (unpaired) electrons. The van der Waals surface area contributed by atoms with Crippen molar-refractivity contribution in [1.29, 1.82) is 0 Å². The van der Waals surface area contributed by atoms with E-state index in [1.54, 1.807) is 29.2 Å². The molecule has 2 aromatic heterocycles. The lowest BCUT2D eigenvalue weighted by Crippen LogP contribution is -2.04. The highest BCUT2D eigenvalue weighted by Gasteiger charge is 2.13. The zero-order chi connectivity index (χ0) is 20.2. The average Bonchev–Trinajstić information content (AvgIpc) is 3.33. The number of ether oxygens (including phenoxy) is 1. The van der Waals surface area contributed by atoms with Crippen molar-refractivity contribution in [2.45, 2.75) is 24.4 Å². The van der Waals surface area contributed by atoms with E-state index < -0.39 is 0 Å². The zero-order valence-electron chi connectivity index (χ0n) is 16.0. The van der Waals surface area contributed by atoms with Crippen molar-refractivity contribution in [2.24, 2.45) is 7.05 Å². The highest BCUT2D eigenvalue weighted by molar-refractivity contribution is 7.98. The summed E-state index contributed by atoms with van der Waals surface area (Å²) in [6.07, 6.45) is 0. The first-order valence-corrected chi connectivity index (χ1v) is 11.2. The van der Waals surface area contributed by atoms with Crippen LogP contribution in [0.1, 0.15) is 17.1 Å². The highest BCUT2D eigenvalue weighted by atomic mass is 35.5. The van der Waals surface area contributed by atoms with E-state index in [1.165, 1.54) is 11.1 Å². The largest absolute Gasteiger partial charge is 0.484 e. The predicted octanol–water partition coefficient (Wildman–Crippen LogP) is 5.77. The molecular weight excluding hydrogens is 424 g/mol. The van der Waals surface area contributed by atoms with Gasteiger partial charge in [0.25, 0.3) is 0 Å². The van der Waals surface area contributed by atoms with E-state index in [9.17, 15) is 0 Å². The highest BCUT2D eigenvalue weighted by Crippen LogP contribution is 2.29. The summed E-state index contributed by atoms with van der Waals surface area (Å²) in [5, 5.41) is 13.1. The third-order valence-corrected chi connectivity index (χ3v) is 6.69. The van der Waals surface area contributed by atoms with Crippen LogP contribution in [0.15, 0.2) is 59.1 Å². The molecule has 0 N–H and O–H groups in total. The van der Waals surface area contributed by atoms with Crippen molar-refractivity contribution in [2.75, 3.05) is 0 Å². The second-order valence-electron chi connectivity index (χ2n) is 6.42. The van der Waals surface area contributed by atoms with Gasteiger partial charge >= 0.3 is 0 Å². The second-order valence-corrected chi connectivity index (χ2v) is 8.63. The van der Waals surface area contributed by atoms with Gasteiger partial charge < -0.3 is 9.30 Å². The summed E-state index contributed by atoms with van der Waals surface area (Å²) in [4.78, 5) is 4.78. The maximum atomic E-state index is 6.13. The van der Waals surface area contributed by atoms with Gasteiger partial charge in [-0.15, -0.1) is 21.5 Å². The van der Waals surface area contributed by atoms with Gasteiger partial charge in [0.2, 0.25) is 0 Å². The van der Waals surface area contributed by atoms with Gasteiger partial charge in [0, 0.05) is 23.7 Å². The molecule has 0 amide bonds. The number of thiazole rings is 1. The molecular formula is C21H19ClN4OS2. The predicted molar refractivity (Wildman–Crippen MR) is 119 cm³/mol. The van der Waals surface area contributed by atoms with Gasteiger partial charge in [0.15, 0.2) is 11.0 Å². The Labute approximate surface area is 182 Å². The number of nitrogens with zero attached hydrogens (tertiary/aromatic N) is 4. The lowest BCUT2D eigenvalue weighted by molar-refractivity contribution is 0.290. The molecule has 0 unspecified atom stereocenters. The third-order valence-electron chi connectivity index (χ3n) is 4.39. The molecule has 0 atom stereocenters. The van der Waals surface area contributed by atoms with Gasteiger partial charge in [0.1, 0.15) is 17.4 Å². The van der Waals surface area contributed by atoms with E-state index in [2.05, 4.69) is 34.6 Å². The molecule has 2 heterocycles. The topological polar surface area (TPSA) is 52.8 Å². The van der Waals surface area contributed by atoms with Crippen molar-refractivity contribution in [3.05, 3.63) is 76.0 Å². The minimum Gasteiger partial charge on any atom is -0.484 e. The second kappa shape index (κ2) is 8.98. The third kappa shape index (κ3) is 4.63. The zero-order valence-corrected chi connectivity index (χ0v) is 18.4. The van der Waals surface area contributed by atoms with E-state index in [0.29, 0.717) is 17.4 Å². The summed E-state index contributed by atoms with van der Waals surface area (Å²) in [5.41, 5.74) is 3.46. The number of hydrogen-bond acceptors (Lipinski definition) is 6. The smallest absolute Gasteiger partial charge is 0.191 e. The standard InChI is InChI=1S/C21H19ClN4OS2/c1-14-7-3-4-8-16(14)20-23-15(12-28-20)13-29-21-25-24-19(26(21)2)11-27-18-10-6-5-9-17(18)22/h3-10,12H,11,13H2,1-2H3. The fourth-order valence-corrected chi connectivity index (χ4v) is 4.78. The van der Waals surface area contributed by atoms with Gasteiger partial charge in [0.05, 0.1) is 10.7 Å². The fraction of sp³-hybridized carbons (Fsp3) is 0.190. The van der Waals surface area contributed by atoms with E-state index in [1.807, 2.05) is 41.9 Å². The lowest BCUT2D eigenvalue weighted by Gasteiger charge is -2.07. The molecule has 4 rings (SSSR count). The molecule has 0 aliphatic heterocycles. The number of aromatic nitrogens is 4. The van der Waals surface area contributed by atoms with Crippen molar-refractivity contribution < 1.29 is 4.74 Å². The average molecular weight is 443 g/mol. The maximum Gasteiger partial charge on any atom is 0.191 e. The monoisotopic (exact) mass is 442 g/mol. The minimum absolute atomic E-state index is 0.307. The number of thioether (sulfide) groups is 1. The fourth-order valence-electron chi connectivity index (χ4n) is 2.75. The molecule has 0 aliphatic carbocycles. The minimum atomic E-state index is 0.307. The molecule has 29 heavy (non-hydrogen) atoms. The van der Waals surface area contributed by atoms with Crippen molar-refractivity contribution in [3.63, 3.8) is 0 Å². The van der Waals surface area contributed by atoms with Crippen LogP contribution in [0.25, 0.3) is 10.6 Å². The Balaban J connectivity index is 1.39. The molecule has 2 aromatic carbocycles. The normalized spacial score (nSPS) is 11.0. The number of rotatable bonds is 7. The molecule has 0 saturated heterocycles. The summed E-state index contributed by atoms with van der Waals surface area (Å²) >= 11 is 9.41. The Morgan fingerprint density at radius 1 is 1.10 bits per heavy atom. The summed E-state index contributed by atoms with van der Waals surface area (Å²) in [5.74, 6) is 2.11. The maximum absolute atomic E-state index is 6.13. The molecule has 0 bridgehead atoms. The van der Waals surface area contributed by atoms with Gasteiger partial charge in [-0.25, -0.2) is 4.98 Å². The number of para-hydroxylation sites is 1. The Morgan fingerprint density at radius 3 is 2.72 bits per heavy atom. The Morgan fingerprint density at radius 2 is 1.90 bits per heavy atom. The van der Waals surface area contributed by atoms with Crippen LogP contribution in [-0.2, 0) is 19.4 Å². The van der Waals surface area contributed by atoms with E-state index in [0.717, 1.165) is 27.4 Å². The van der Waals surface area contributed by atoms with E-state index in [-0.39, 0.29) is 0 Å². The Bertz CT molecular complexity index is 1130. The van der Waals surface area contributed by atoms with Crippen molar-refractivity contribution in [3.8, 4) is 16.3 Å². The summed E-state index contributed by atoms with van der Waals surface area (Å²) < 4.78 is 7.71. The van der Waals surface area contributed by atoms with Crippen molar-refractivity contribution >= 4 is 34.7 Å². The Kier molecular flexibility index (Phi) is 6.18. The van der Waals surface area contributed by atoms with Crippen molar-refractivity contribution in [1.82, 2.24) is 19.7 Å². The van der Waals surface area contributed by atoms with Crippen LogP contribution < -0.4 is 4.74 Å². The van der Waals surface area contributed by atoms with E-state index in [4.69, 9.17) is 21.3 Å². The quantitative estimate of drug-likeness (QED) is 0.340. The van der Waals surface area contributed by atoms with Gasteiger partial charge in [-0.2, -0.15) is 0 Å². The molecule has 0 spiro atoms. The molecule has 8 heteroatoms. The SMILES string of the molecule is Cc1ccccc1-c1nc(CSc2nnc(COc3ccccc3Cl)n2C)cs1. The lowest BCUT2D eigenvalue weighted by atomic mass is 10.1. The van der Waals surface area contributed by atoms with Crippen LogP contribution in [0, 0.1) is 6.92 Å². The summed E-state index contributed by atoms with van der Waals surface area (Å²) in [6, 6.07) is 15.7. The van der Waals surface area contributed by atoms with Crippen LogP contribution in [-0.4, -0.2) is 19.7 Å². The molecule has 5 nitrogen and oxygen atoms in total. The van der Waals surface area contributed by atoms with Gasteiger partial charge in [-0.1, -0.05) is 59.8 Å².